The Labute approximate surface area is 112 Å². The van der Waals surface area contributed by atoms with Crippen molar-refractivity contribution in [3.63, 3.8) is 0 Å². The van der Waals surface area contributed by atoms with Crippen LogP contribution in [0, 0.1) is 16.7 Å². The minimum absolute atomic E-state index is 0.114. The lowest BCUT2D eigenvalue weighted by molar-refractivity contribution is 0.266. The van der Waals surface area contributed by atoms with Gasteiger partial charge in [-0.3, -0.25) is 4.98 Å². The van der Waals surface area contributed by atoms with Gasteiger partial charge in [-0.05, 0) is 24.0 Å². The summed E-state index contributed by atoms with van der Waals surface area (Å²) >= 11 is 0. The zero-order valence-corrected chi connectivity index (χ0v) is 11.1. The fourth-order valence-electron chi connectivity index (χ4n) is 1.81. The van der Waals surface area contributed by atoms with Gasteiger partial charge in [-0.15, -0.1) is 0 Å². The van der Waals surface area contributed by atoms with Crippen molar-refractivity contribution < 1.29 is 4.52 Å². The number of nitriles is 1. The lowest BCUT2D eigenvalue weighted by Crippen LogP contribution is -2.18. The van der Waals surface area contributed by atoms with E-state index in [9.17, 15) is 0 Å². The van der Waals surface area contributed by atoms with Crippen LogP contribution in [0.4, 0.5) is 0 Å². The molecule has 98 valence electrons. The second-order valence-corrected chi connectivity index (χ2v) is 4.92. The Morgan fingerprint density at radius 1 is 1.37 bits per heavy atom. The van der Waals surface area contributed by atoms with E-state index in [4.69, 9.17) is 9.78 Å². The van der Waals surface area contributed by atoms with Gasteiger partial charge in [0.1, 0.15) is 0 Å². The molecule has 5 heteroatoms. The van der Waals surface area contributed by atoms with Gasteiger partial charge < -0.3 is 4.52 Å². The van der Waals surface area contributed by atoms with Crippen molar-refractivity contribution >= 4 is 0 Å². The molecule has 2 heterocycles. The van der Waals surface area contributed by atoms with Gasteiger partial charge in [0.05, 0.1) is 6.07 Å². The van der Waals surface area contributed by atoms with E-state index < -0.39 is 0 Å². The van der Waals surface area contributed by atoms with Crippen LogP contribution in [0.15, 0.2) is 29.0 Å². The van der Waals surface area contributed by atoms with Crippen LogP contribution in [-0.4, -0.2) is 15.1 Å². The zero-order chi connectivity index (χ0) is 13.7. The molecule has 0 aliphatic rings. The van der Waals surface area contributed by atoms with Crippen molar-refractivity contribution in [3.8, 4) is 17.5 Å². The van der Waals surface area contributed by atoms with Crippen molar-refractivity contribution in [2.75, 3.05) is 0 Å². The molecule has 0 saturated heterocycles. The van der Waals surface area contributed by atoms with E-state index >= 15 is 0 Å². The second-order valence-electron chi connectivity index (χ2n) is 4.92. The van der Waals surface area contributed by atoms with Crippen LogP contribution >= 0.6 is 0 Å². The van der Waals surface area contributed by atoms with Gasteiger partial charge in [0.2, 0.25) is 11.7 Å². The maximum atomic E-state index is 8.87. The highest BCUT2D eigenvalue weighted by Gasteiger charge is 2.25. The Hall–Kier alpha value is -2.22. The molecule has 0 aromatic carbocycles. The SMILES string of the molecule is CCC(C)(CC#N)Cc1nc(-c2ccncc2)no1. The van der Waals surface area contributed by atoms with Crippen LogP contribution in [-0.2, 0) is 6.42 Å². The molecule has 2 aromatic rings. The van der Waals surface area contributed by atoms with Crippen LogP contribution in [0.2, 0.25) is 0 Å². The first-order chi connectivity index (χ1) is 9.17. The highest BCUT2D eigenvalue weighted by molar-refractivity contribution is 5.52. The number of pyridine rings is 1. The van der Waals surface area contributed by atoms with Crippen LogP contribution in [0.25, 0.3) is 11.4 Å². The molecule has 0 amide bonds. The predicted octanol–water partition coefficient (Wildman–Crippen LogP) is 3.00. The van der Waals surface area contributed by atoms with E-state index in [1.54, 1.807) is 12.4 Å². The maximum Gasteiger partial charge on any atom is 0.227 e. The van der Waals surface area contributed by atoms with Crippen molar-refractivity contribution in [2.45, 2.75) is 33.1 Å². The Morgan fingerprint density at radius 3 is 2.74 bits per heavy atom. The van der Waals surface area contributed by atoms with Crippen LogP contribution < -0.4 is 0 Å². The number of rotatable bonds is 5. The number of hydrogen-bond acceptors (Lipinski definition) is 5. The molecule has 2 rings (SSSR count). The summed E-state index contributed by atoms with van der Waals surface area (Å²) in [7, 11) is 0. The van der Waals surface area contributed by atoms with E-state index in [0.717, 1.165) is 12.0 Å². The zero-order valence-electron chi connectivity index (χ0n) is 11.1. The molecule has 0 aliphatic heterocycles. The van der Waals surface area contributed by atoms with E-state index in [0.29, 0.717) is 24.6 Å². The summed E-state index contributed by atoms with van der Waals surface area (Å²) in [5, 5.41) is 12.8. The molecule has 0 saturated carbocycles. The molecule has 1 unspecified atom stereocenters. The maximum absolute atomic E-state index is 8.87. The number of aromatic nitrogens is 3. The van der Waals surface area contributed by atoms with Crippen LogP contribution in [0.3, 0.4) is 0 Å². The first-order valence-corrected chi connectivity index (χ1v) is 6.27. The summed E-state index contributed by atoms with van der Waals surface area (Å²) < 4.78 is 5.27. The van der Waals surface area contributed by atoms with Gasteiger partial charge in [-0.25, -0.2) is 0 Å². The standard InChI is InChI=1S/C14H16N4O/c1-3-14(2,6-7-15)10-12-17-13(18-19-12)11-4-8-16-9-5-11/h4-5,8-9H,3,6,10H2,1-2H3. The third-order valence-electron chi connectivity index (χ3n) is 3.34. The monoisotopic (exact) mass is 256 g/mol. The average Bonchev–Trinajstić information content (AvgIpc) is 2.88. The highest BCUT2D eigenvalue weighted by Crippen LogP contribution is 2.30. The Bertz CT molecular complexity index is 573. The highest BCUT2D eigenvalue weighted by atomic mass is 16.5. The van der Waals surface area contributed by atoms with Gasteiger partial charge in [0.15, 0.2) is 0 Å². The van der Waals surface area contributed by atoms with Crippen molar-refractivity contribution in [1.82, 2.24) is 15.1 Å². The quantitative estimate of drug-likeness (QED) is 0.821. The molecular weight excluding hydrogens is 240 g/mol. The molecule has 0 aliphatic carbocycles. The molecule has 0 spiro atoms. The smallest absolute Gasteiger partial charge is 0.227 e. The summed E-state index contributed by atoms with van der Waals surface area (Å²) in [6, 6.07) is 5.89. The lowest BCUT2D eigenvalue weighted by Gasteiger charge is -2.22. The average molecular weight is 256 g/mol. The topological polar surface area (TPSA) is 75.6 Å². The van der Waals surface area contributed by atoms with Gasteiger partial charge in [-0.1, -0.05) is 19.0 Å². The van der Waals surface area contributed by atoms with Crippen molar-refractivity contribution in [2.24, 2.45) is 5.41 Å². The Kier molecular flexibility index (Phi) is 3.91. The molecule has 0 fully saturated rings. The van der Waals surface area contributed by atoms with Gasteiger partial charge in [-0.2, -0.15) is 10.2 Å². The van der Waals surface area contributed by atoms with E-state index in [1.165, 1.54) is 0 Å². The summed E-state index contributed by atoms with van der Waals surface area (Å²) in [5.41, 5.74) is 0.764. The van der Waals surface area contributed by atoms with Gasteiger partial charge >= 0.3 is 0 Å². The van der Waals surface area contributed by atoms with Crippen molar-refractivity contribution in [1.29, 1.82) is 5.26 Å². The minimum Gasteiger partial charge on any atom is -0.339 e. The molecule has 1 atom stereocenters. The third-order valence-corrected chi connectivity index (χ3v) is 3.34. The Balaban J connectivity index is 2.16. The Morgan fingerprint density at radius 2 is 2.11 bits per heavy atom. The second kappa shape index (κ2) is 5.61. The van der Waals surface area contributed by atoms with Gasteiger partial charge in [0, 0.05) is 30.8 Å². The molecule has 0 radical (unpaired) electrons. The summed E-state index contributed by atoms with van der Waals surface area (Å²) in [6.07, 6.45) is 5.38. The third kappa shape index (κ3) is 3.16. The first kappa shape index (κ1) is 13.2. The van der Waals surface area contributed by atoms with E-state index in [1.807, 2.05) is 12.1 Å². The predicted molar refractivity (Wildman–Crippen MR) is 69.9 cm³/mol. The molecule has 2 aromatic heterocycles. The molecular formula is C14H16N4O. The summed E-state index contributed by atoms with van der Waals surface area (Å²) in [4.78, 5) is 8.33. The normalized spacial score (nSPS) is 13.7. The van der Waals surface area contributed by atoms with E-state index in [2.05, 4.69) is 35.0 Å². The molecule has 5 nitrogen and oxygen atoms in total. The largest absolute Gasteiger partial charge is 0.339 e. The van der Waals surface area contributed by atoms with Gasteiger partial charge in [0.25, 0.3) is 0 Å². The summed E-state index contributed by atoms with van der Waals surface area (Å²) in [6.45, 7) is 4.13. The summed E-state index contributed by atoms with van der Waals surface area (Å²) in [5.74, 6) is 1.14. The van der Waals surface area contributed by atoms with Crippen molar-refractivity contribution in [3.05, 3.63) is 30.4 Å². The van der Waals surface area contributed by atoms with Crippen LogP contribution in [0.1, 0.15) is 32.6 Å². The fourth-order valence-corrected chi connectivity index (χ4v) is 1.81. The van der Waals surface area contributed by atoms with E-state index in [-0.39, 0.29) is 5.41 Å². The first-order valence-electron chi connectivity index (χ1n) is 6.27. The molecule has 19 heavy (non-hydrogen) atoms. The fraction of sp³-hybridized carbons (Fsp3) is 0.429. The number of nitrogens with zero attached hydrogens (tertiary/aromatic N) is 4. The molecule has 0 bridgehead atoms. The van der Waals surface area contributed by atoms with Crippen LogP contribution in [0.5, 0.6) is 0 Å². The number of hydrogen-bond donors (Lipinski definition) is 0. The lowest BCUT2D eigenvalue weighted by atomic mass is 9.81. The minimum atomic E-state index is -0.114. The molecule has 0 N–H and O–H groups in total.